The Morgan fingerprint density at radius 3 is 2.40 bits per heavy atom. The van der Waals surface area contributed by atoms with Crippen molar-refractivity contribution in [3.63, 3.8) is 0 Å². The fraction of sp³-hybridized carbons (Fsp3) is 0.500. The molecule has 0 saturated heterocycles. The Balaban J connectivity index is 1.53. The van der Waals surface area contributed by atoms with Gasteiger partial charge in [0.25, 0.3) is 0 Å². The molecule has 35 heavy (non-hydrogen) atoms. The minimum absolute atomic E-state index is 0.0380. The van der Waals surface area contributed by atoms with E-state index in [2.05, 4.69) is 15.0 Å². The fourth-order valence-electron chi connectivity index (χ4n) is 4.04. The second-order valence-corrected chi connectivity index (χ2v) is 11.6. The third kappa shape index (κ3) is 7.42. The van der Waals surface area contributed by atoms with Gasteiger partial charge in [-0.05, 0) is 50.2 Å². The second-order valence-electron chi connectivity index (χ2n) is 8.79. The number of carbonyl (C=O) groups excluding carboxylic acids is 1. The minimum atomic E-state index is -3.54. The molecule has 192 valence electrons. The number of hydrogen-bond donors (Lipinski definition) is 4. The molecule has 2 aromatic rings. The number of hydrogen-bond acceptors (Lipinski definition) is 8. The number of halogens is 2. The van der Waals surface area contributed by atoms with Crippen LogP contribution in [0.5, 0.6) is 0 Å². The molecule has 9 nitrogen and oxygen atoms in total. The number of benzene rings is 1. The Kier molecular flexibility index (Phi) is 8.78. The lowest BCUT2D eigenvalue weighted by Crippen LogP contribution is -2.41. The van der Waals surface area contributed by atoms with E-state index >= 15 is 0 Å². The van der Waals surface area contributed by atoms with Gasteiger partial charge in [0.2, 0.25) is 15.8 Å². The predicted octanol–water partition coefficient (Wildman–Crippen LogP) is 3.38. The first-order valence-electron chi connectivity index (χ1n) is 11.2. The summed E-state index contributed by atoms with van der Waals surface area (Å²) in [5, 5.41) is 12.3. The molecular formula is C22H28F2N4O5S2. The van der Waals surface area contributed by atoms with Gasteiger partial charge in [0, 0.05) is 18.5 Å². The van der Waals surface area contributed by atoms with Crippen LogP contribution in [0, 0.1) is 17.6 Å². The van der Waals surface area contributed by atoms with Crippen molar-refractivity contribution >= 4 is 44.1 Å². The summed E-state index contributed by atoms with van der Waals surface area (Å²) >= 11 is 0.914. The Morgan fingerprint density at radius 1 is 1.20 bits per heavy atom. The zero-order valence-corrected chi connectivity index (χ0v) is 20.7. The smallest absolute Gasteiger partial charge is 0.303 e. The molecule has 1 atom stereocenters. The lowest BCUT2D eigenvalue weighted by Gasteiger charge is -2.29. The zero-order chi connectivity index (χ0) is 25.8. The van der Waals surface area contributed by atoms with Crippen LogP contribution in [0.3, 0.4) is 0 Å². The Labute approximate surface area is 206 Å². The molecule has 0 spiro atoms. The third-order valence-corrected chi connectivity index (χ3v) is 8.51. The lowest BCUT2D eigenvalue weighted by molar-refractivity contribution is -0.137. The summed E-state index contributed by atoms with van der Waals surface area (Å²) in [5.41, 5.74) is 5.16. The first kappa shape index (κ1) is 27.0. The number of aromatic nitrogens is 1. The number of nitrogens with one attached hydrogen (secondary N) is 2. The van der Waals surface area contributed by atoms with Crippen molar-refractivity contribution in [2.24, 2.45) is 5.92 Å². The van der Waals surface area contributed by atoms with Crippen LogP contribution in [0.1, 0.15) is 60.7 Å². The second kappa shape index (κ2) is 11.4. The van der Waals surface area contributed by atoms with Crippen molar-refractivity contribution in [2.45, 2.75) is 57.5 Å². The van der Waals surface area contributed by atoms with Gasteiger partial charge in [0.1, 0.15) is 22.3 Å². The van der Waals surface area contributed by atoms with Crippen LogP contribution in [-0.2, 0) is 14.8 Å². The lowest BCUT2D eigenvalue weighted by atomic mass is 9.92. The van der Waals surface area contributed by atoms with Crippen LogP contribution in [-0.4, -0.2) is 48.1 Å². The number of sulfonamides is 1. The number of carbonyl (C=O) groups is 2. The SMILES string of the molecule is C[C@H](CCC(=O)O)CS(=O)(=O)NC1CCC(Nc2nc(N)c(C(=O)c3c(F)cccc3F)s2)CC1. The number of aliphatic carboxylic acids is 1. The van der Waals surface area contributed by atoms with Crippen molar-refractivity contribution in [3.8, 4) is 0 Å². The maximum absolute atomic E-state index is 14.0. The molecule has 1 aliphatic rings. The summed E-state index contributed by atoms with van der Waals surface area (Å²) in [6, 6.07) is 2.89. The van der Waals surface area contributed by atoms with E-state index in [1.54, 1.807) is 6.92 Å². The Morgan fingerprint density at radius 2 is 1.80 bits per heavy atom. The molecule has 13 heteroatoms. The highest BCUT2D eigenvalue weighted by Crippen LogP contribution is 2.31. The van der Waals surface area contributed by atoms with Crippen molar-refractivity contribution in [2.75, 3.05) is 16.8 Å². The maximum atomic E-state index is 14.0. The van der Waals surface area contributed by atoms with Crippen molar-refractivity contribution < 1.29 is 31.9 Å². The molecule has 0 amide bonds. The average molecular weight is 531 g/mol. The van der Waals surface area contributed by atoms with Crippen LogP contribution >= 0.6 is 11.3 Å². The van der Waals surface area contributed by atoms with Crippen LogP contribution in [0.15, 0.2) is 18.2 Å². The van der Waals surface area contributed by atoms with Gasteiger partial charge in [-0.15, -0.1) is 0 Å². The van der Waals surface area contributed by atoms with Crippen LogP contribution in [0.4, 0.5) is 19.7 Å². The summed E-state index contributed by atoms with van der Waals surface area (Å²) in [5.74, 6) is -4.31. The van der Waals surface area contributed by atoms with Crippen LogP contribution < -0.4 is 15.8 Å². The van der Waals surface area contributed by atoms with Crippen molar-refractivity contribution in [3.05, 3.63) is 40.3 Å². The molecule has 1 aromatic carbocycles. The molecular weight excluding hydrogens is 502 g/mol. The van der Waals surface area contributed by atoms with Gasteiger partial charge in [0.15, 0.2) is 5.13 Å². The molecule has 1 saturated carbocycles. The molecule has 5 N–H and O–H groups in total. The first-order valence-corrected chi connectivity index (χ1v) is 13.7. The molecule has 0 radical (unpaired) electrons. The quantitative estimate of drug-likeness (QED) is 0.323. The molecule has 0 aliphatic heterocycles. The average Bonchev–Trinajstić information content (AvgIpc) is 3.13. The summed E-state index contributed by atoms with van der Waals surface area (Å²) in [6.45, 7) is 1.71. The first-order chi connectivity index (χ1) is 16.4. The molecule has 3 rings (SSSR count). The monoisotopic (exact) mass is 530 g/mol. The maximum Gasteiger partial charge on any atom is 0.303 e. The van der Waals surface area contributed by atoms with E-state index in [9.17, 15) is 26.8 Å². The van der Waals surface area contributed by atoms with Gasteiger partial charge in [-0.25, -0.2) is 26.9 Å². The van der Waals surface area contributed by atoms with Crippen LogP contribution in [0.25, 0.3) is 0 Å². The molecule has 1 fully saturated rings. The van der Waals surface area contributed by atoms with E-state index in [4.69, 9.17) is 10.8 Å². The number of nitrogen functional groups attached to an aromatic ring is 1. The number of nitrogens with two attached hydrogens (primary N) is 1. The highest BCUT2D eigenvalue weighted by molar-refractivity contribution is 7.89. The van der Waals surface area contributed by atoms with Gasteiger partial charge in [-0.3, -0.25) is 9.59 Å². The largest absolute Gasteiger partial charge is 0.481 e. The molecule has 0 bridgehead atoms. The van der Waals surface area contributed by atoms with Gasteiger partial charge in [-0.1, -0.05) is 24.3 Å². The number of rotatable bonds is 11. The molecule has 1 heterocycles. The number of carboxylic acids is 1. The van der Waals surface area contributed by atoms with E-state index in [-0.39, 0.29) is 47.3 Å². The van der Waals surface area contributed by atoms with Crippen LogP contribution in [0.2, 0.25) is 0 Å². The van der Waals surface area contributed by atoms with E-state index in [1.807, 2.05) is 0 Å². The summed E-state index contributed by atoms with van der Waals surface area (Å²) in [7, 11) is -3.54. The van der Waals surface area contributed by atoms with Gasteiger partial charge in [0.05, 0.1) is 11.3 Å². The van der Waals surface area contributed by atoms with E-state index < -0.39 is 39.0 Å². The minimum Gasteiger partial charge on any atom is -0.481 e. The number of thiazole rings is 1. The Bertz CT molecular complexity index is 1160. The number of nitrogens with zero attached hydrogens (tertiary/aromatic N) is 1. The third-order valence-electron chi connectivity index (χ3n) is 5.81. The Hall–Kier alpha value is -2.64. The van der Waals surface area contributed by atoms with E-state index in [0.29, 0.717) is 30.8 Å². The zero-order valence-electron chi connectivity index (χ0n) is 19.1. The number of ketones is 1. The van der Waals surface area contributed by atoms with Crippen molar-refractivity contribution in [1.82, 2.24) is 9.71 Å². The predicted molar refractivity (Wildman–Crippen MR) is 129 cm³/mol. The van der Waals surface area contributed by atoms with Gasteiger partial charge in [-0.2, -0.15) is 0 Å². The summed E-state index contributed by atoms with van der Waals surface area (Å²) in [4.78, 5) is 27.4. The van der Waals surface area contributed by atoms with Crippen molar-refractivity contribution in [1.29, 1.82) is 0 Å². The molecule has 1 aromatic heterocycles. The highest BCUT2D eigenvalue weighted by Gasteiger charge is 2.28. The van der Waals surface area contributed by atoms with E-state index in [0.717, 1.165) is 23.5 Å². The van der Waals surface area contributed by atoms with E-state index in [1.165, 1.54) is 6.07 Å². The van der Waals surface area contributed by atoms with Gasteiger partial charge >= 0.3 is 5.97 Å². The number of anilines is 2. The standard InChI is InChI=1S/C22H28F2N4O5S2/c1-12(5-10-17(29)30)11-35(32,33)28-14-8-6-13(7-9-14)26-22-27-21(25)20(34-22)19(31)18-15(23)3-2-4-16(18)24/h2-4,12-14,28H,5-11,25H2,1H3,(H,26,27)(H,29,30)/t12-,13?,14?/m1/s1. The summed E-state index contributed by atoms with van der Waals surface area (Å²) < 4.78 is 55.5. The topological polar surface area (TPSA) is 151 Å². The summed E-state index contributed by atoms with van der Waals surface area (Å²) in [6.07, 6.45) is 2.63. The number of carboxylic acid groups (broad SMARTS) is 1. The normalized spacial score (nSPS) is 19.3. The molecule has 0 unspecified atom stereocenters. The fourth-order valence-corrected chi connectivity index (χ4v) is 6.71. The highest BCUT2D eigenvalue weighted by atomic mass is 32.2. The van der Waals surface area contributed by atoms with Gasteiger partial charge < -0.3 is 16.2 Å². The molecule has 1 aliphatic carbocycles.